The summed E-state index contributed by atoms with van der Waals surface area (Å²) in [6.45, 7) is 0. The highest BCUT2D eigenvalue weighted by atomic mass is 35.5. The van der Waals surface area contributed by atoms with E-state index in [9.17, 15) is 0 Å². The second kappa shape index (κ2) is 1.99. The van der Waals surface area contributed by atoms with E-state index in [4.69, 9.17) is 4.74 Å². The molecule has 0 aromatic carbocycles. The van der Waals surface area contributed by atoms with Crippen LogP contribution in [0, 0.1) is 0 Å². The van der Waals surface area contributed by atoms with Crippen molar-refractivity contribution < 1.29 is 22.9 Å². The van der Waals surface area contributed by atoms with E-state index in [1.54, 1.807) is 7.11 Å². The van der Waals surface area contributed by atoms with E-state index in [1.807, 2.05) is 0 Å². The fraction of sp³-hybridized carbons (Fsp3) is 1.00. The van der Waals surface area contributed by atoms with E-state index in [-0.39, 0.29) is 18.1 Å². The van der Waals surface area contributed by atoms with Gasteiger partial charge in [-0.25, -0.2) is 0 Å². The molecular weight excluding hydrogens is 114 g/mol. The van der Waals surface area contributed by atoms with E-state index in [0.29, 0.717) is 0 Å². The molecule has 0 amide bonds. The summed E-state index contributed by atoms with van der Waals surface area (Å²) in [7, 11) is 1.71. The summed E-state index contributed by atoms with van der Waals surface area (Å²) < 4.78 is 4.94. The normalized spacial score (nSPS) is 23.1. The summed E-state index contributed by atoms with van der Waals surface area (Å²) in [4.78, 5) is 0. The van der Waals surface area contributed by atoms with Gasteiger partial charge in [0.15, 0.2) is 5.72 Å². The molecule has 0 atom stereocenters. The third kappa shape index (κ3) is 1.63. The van der Waals surface area contributed by atoms with Crippen molar-refractivity contribution in [2.75, 3.05) is 7.11 Å². The van der Waals surface area contributed by atoms with Crippen molar-refractivity contribution >= 4 is 0 Å². The van der Waals surface area contributed by atoms with Crippen molar-refractivity contribution in [3.8, 4) is 0 Å². The lowest BCUT2D eigenvalue weighted by molar-refractivity contribution is -0.508. The highest BCUT2D eigenvalue weighted by Gasteiger charge is 2.43. The number of quaternary nitrogens is 1. The molecule has 0 bridgehead atoms. The van der Waals surface area contributed by atoms with Crippen LogP contribution in [-0.2, 0) is 4.74 Å². The van der Waals surface area contributed by atoms with E-state index >= 15 is 0 Å². The lowest BCUT2D eigenvalue weighted by Gasteiger charge is -1.96. The smallest absolute Gasteiger partial charge is 0.198 e. The SMILES string of the molecule is COC1([NH3+])CC1.[Cl-]. The van der Waals surface area contributed by atoms with Gasteiger partial charge in [-0.15, -0.1) is 0 Å². The molecule has 44 valence electrons. The molecule has 0 aliphatic heterocycles. The standard InChI is InChI=1S/C4H9NO.ClH/c1-6-4(5)2-3-4;/h2-3,5H2,1H3;1H. The molecule has 1 aliphatic carbocycles. The maximum absolute atomic E-state index is 4.94. The predicted molar refractivity (Wildman–Crippen MR) is 21.9 cm³/mol. The van der Waals surface area contributed by atoms with Crippen molar-refractivity contribution in [1.29, 1.82) is 0 Å². The molecule has 2 nitrogen and oxygen atoms in total. The van der Waals surface area contributed by atoms with Gasteiger partial charge >= 0.3 is 0 Å². The Hall–Kier alpha value is 0.210. The van der Waals surface area contributed by atoms with Crippen LogP contribution in [0.3, 0.4) is 0 Å². The number of hydrogen-bond donors (Lipinski definition) is 1. The van der Waals surface area contributed by atoms with Gasteiger partial charge in [0, 0.05) is 20.0 Å². The maximum atomic E-state index is 4.94. The second-order valence-electron chi connectivity index (χ2n) is 1.89. The molecule has 1 fully saturated rings. The lowest BCUT2D eigenvalue weighted by atomic mass is 10.7. The summed E-state index contributed by atoms with van der Waals surface area (Å²) in [5, 5.41) is 0. The average molecular weight is 124 g/mol. The highest BCUT2D eigenvalue weighted by molar-refractivity contribution is 4.80. The summed E-state index contributed by atoms with van der Waals surface area (Å²) in [5.41, 5.74) is 3.82. The highest BCUT2D eigenvalue weighted by Crippen LogP contribution is 2.29. The minimum absolute atomic E-state index is 0. The molecule has 7 heavy (non-hydrogen) atoms. The van der Waals surface area contributed by atoms with Crippen LogP contribution < -0.4 is 18.1 Å². The Balaban J connectivity index is 0.000000360. The van der Waals surface area contributed by atoms with Gasteiger partial charge in [0.25, 0.3) is 0 Å². The van der Waals surface area contributed by atoms with Crippen molar-refractivity contribution in [1.82, 2.24) is 0 Å². The van der Waals surface area contributed by atoms with Crippen LogP contribution in [0.4, 0.5) is 0 Å². The molecular formula is C4H10ClNO. The van der Waals surface area contributed by atoms with E-state index < -0.39 is 0 Å². The monoisotopic (exact) mass is 123 g/mol. The molecule has 0 aromatic heterocycles. The van der Waals surface area contributed by atoms with Gasteiger partial charge in [-0.05, 0) is 0 Å². The van der Waals surface area contributed by atoms with E-state index in [2.05, 4.69) is 5.73 Å². The first-order valence-corrected chi connectivity index (χ1v) is 2.17. The van der Waals surface area contributed by atoms with Gasteiger partial charge in [-0.1, -0.05) is 0 Å². The first-order valence-electron chi connectivity index (χ1n) is 2.17. The van der Waals surface area contributed by atoms with Gasteiger partial charge in [0.05, 0.1) is 0 Å². The molecule has 0 spiro atoms. The summed E-state index contributed by atoms with van der Waals surface area (Å²) in [5.74, 6) is 0. The van der Waals surface area contributed by atoms with Crippen LogP contribution in [0.15, 0.2) is 0 Å². The first kappa shape index (κ1) is 7.21. The second-order valence-corrected chi connectivity index (χ2v) is 1.89. The van der Waals surface area contributed by atoms with Crippen LogP contribution in [0.1, 0.15) is 12.8 Å². The van der Waals surface area contributed by atoms with E-state index in [0.717, 1.165) is 12.8 Å². The predicted octanol–water partition coefficient (Wildman–Crippen LogP) is -3.63. The van der Waals surface area contributed by atoms with Crippen molar-refractivity contribution in [2.24, 2.45) is 0 Å². The molecule has 3 N–H and O–H groups in total. The summed E-state index contributed by atoms with van der Waals surface area (Å²) in [6, 6.07) is 0. The molecule has 1 aliphatic rings. The molecule has 3 heteroatoms. The molecule has 0 radical (unpaired) electrons. The average Bonchev–Trinajstić information content (AvgIpc) is 2.22. The number of ether oxygens (including phenoxy) is 1. The van der Waals surface area contributed by atoms with Gasteiger partial charge in [-0.2, -0.15) is 0 Å². The topological polar surface area (TPSA) is 36.9 Å². The van der Waals surface area contributed by atoms with Crippen LogP contribution in [0.25, 0.3) is 0 Å². The summed E-state index contributed by atoms with van der Waals surface area (Å²) >= 11 is 0. The molecule has 0 aromatic rings. The van der Waals surface area contributed by atoms with Crippen molar-refractivity contribution in [2.45, 2.75) is 18.6 Å². The third-order valence-electron chi connectivity index (χ3n) is 1.24. The molecule has 1 saturated carbocycles. The number of methoxy groups -OCH3 is 1. The number of halogens is 1. The van der Waals surface area contributed by atoms with Gasteiger partial charge in [-0.3, -0.25) is 0 Å². The third-order valence-corrected chi connectivity index (χ3v) is 1.24. The molecule has 0 unspecified atom stereocenters. The fourth-order valence-electron chi connectivity index (χ4n) is 0.344. The van der Waals surface area contributed by atoms with Crippen molar-refractivity contribution in [3.05, 3.63) is 0 Å². The Kier molecular flexibility index (Phi) is 2.05. The Labute approximate surface area is 49.4 Å². The zero-order valence-corrected chi connectivity index (χ0v) is 5.16. The minimum Gasteiger partial charge on any atom is -1.00 e. The Bertz CT molecular complexity index is 62.7. The van der Waals surface area contributed by atoms with E-state index in [1.165, 1.54) is 0 Å². The van der Waals surface area contributed by atoms with Crippen LogP contribution >= 0.6 is 0 Å². The molecule has 0 saturated heterocycles. The molecule has 0 heterocycles. The fourth-order valence-corrected chi connectivity index (χ4v) is 0.344. The maximum Gasteiger partial charge on any atom is 0.198 e. The van der Waals surface area contributed by atoms with Gasteiger partial charge < -0.3 is 22.9 Å². The van der Waals surface area contributed by atoms with Gasteiger partial charge in [0.2, 0.25) is 0 Å². The Morgan fingerprint density at radius 2 is 2.00 bits per heavy atom. The van der Waals surface area contributed by atoms with Crippen LogP contribution in [0.2, 0.25) is 0 Å². The number of rotatable bonds is 1. The van der Waals surface area contributed by atoms with Crippen molar-refractivity contribution in [3.63, 3.8) is 0 Å². The van der Waals surface area contributed by atoms with Crippen LogP contribution in [0.5, 0.6) is 0 Å². The Morgan fingerprint density at radius 1 is 1.57 bits per heavy atom. The lowest BCUT2D eigenvalue weighted by Crippen LogP contribution is -3.00. The van der Waals surface area contributed by atoms with Crippen LogP contribution in [-0.4, -0.2) is 12.8 Å². The molecule has 1 rings (SSSR count). The minimum atomic E-state index is 0. The first-order chi connectivity index (χ1) is 2.77. The summed E-state index contributed by atoms with van der Waals surface area (Å²) in [6.07, 6.45) is 2.28. The number of hydrogen-bond acceptors (Lipinski definition) is 1. The Morgan fingerprint density at radius 3 is 2.00 bits per heavy atom. The van der Waals surface area contributed by atoms with Gasteiger partial charge in [0.1, 0.15) is 0 Å². The zero-order chi connectivity index (χ0) is 4.62. The zero-order valence-electron chi connectivity index (χ0n) is 4.41. The largest absolute Gasteiger partial charge is 1.00 e. The quantitative estimate of drug-likeness (QED) is 0.359.